The number of piperidine rings is 1. The molecule has 0 saturated carbocycles. The number of nitrogens with zero attached hydrogens (tertiary/aromatic N) is 1. The number of ether oxygens (including phenoxy) is 1. The average molecular weight is 334 g/mol. The predicted octanol–water partition coefficient (Wildman–Crippen LogP) is 2.00. The lowest BCUT2D eigenvalue weighted by Crippen LogP contribution is -2.50. The van der Waals surface area contributed by atoms with E-state index in [9.17, 15) is 9.59 Å². The number of benzene rings is 1. The molecule has 3 atom stereocenters. The molecule has 6 nitrogen and oxygen atoms in total. The van der Waals surface area contributed by atoms with Crippen LogP contribution in [-0.4, -0.2) is 54.9 Å². The van der Waals surface area contributed by atoms with Gasteiger partial charge in [-0.2, -0.15) is 0 Å². The first-order valence-corrected chi connectivity index (χ1v) is 8.33. The van der Waals surface area contributed by atoms with Gasteiger partial charge in [-0.3, -0.25) is 4.79 Å². The molecule has 1 heterocycles. The van der Waals surface area contributed by atoms with Crippen LogP contribution in [0, 0.1) is 11.8 Å². The lowest BCUT2D eigenvalue weighted by molar-refractivity contribution is -0.145. The van der Waals surface area contributed by atoms with E-state index in [-0.39, 0.29) is 24.0 Å². The molecule has 1 aliphatic heterocycles. The first-order chi connectivity index (χ1) is 11.5. The smallest absolute Gasteiger partial charge is 0.317 e. The number of carbonyl (C=O) groups excluding carboxylic acids is 1. The van der Waals surface area contributed by atoms with Crippen molar-refractivity contribution < 1.29 is 19.4 Å². The first kappa shape index (κ1) is 18.3. The summed E-state index contributed by atoms with van der Waals surface area (Å²) in [6, 6.07) is 9.84. The van der Waals surface area contributed by atoms with Crippen LogP contribution >= 0.6 is 0 Å². The van der Waals surface area contributed by atoms with Crippen LogP contribution < -0.4 is 5.32 Å². The molecule has 0 bridgehead atoms. The molecule has 2 amide bonds. The topological polar surface area (TPSA) is 78.9 Å². The fourth-order valence-electron chi connectivity index (χ4n) is 3.13. The highest BCUT2D eigenvalue weighted by Gasteiger charge is 2.33. The minimum absolute atomic E-state index is 0.0375. The number of carboxylic acids is 1. The summed E-state index contributed by atoms with van der Waals surface area (Å²) >= 11 is 0. The van der Waals surface area contributed by atoms with E-state index in [1.807, 2.05) is 37.3 Å². The summed E-state index contributed by atoms with van der Waals surface area (Å²) in [7, 11) is 1.64. The van der Waals surface area contributed by atoms with Gasteiger partial charge in [0.15, 0.2) is 0 Å². The van der Waals surface area contributed by atoms with Crippen molar-refractivity contribution in [3.8, 4) is 0 Å². The van der Waals surface area contributed by atoms with Crippen molar-refractivity contribution in [2.75, 3.05) is 26.7 Å². The zero-order valence-corrected chi connectivity index (χ0v) is 14.3. The van der Waals surface area contributed by atoms with E-state index in [0.717, 1.165) is 12.0 Å². The summed E-state index contributed by atoms with van der Waals surface area (Å²) in [6.45, 7) is 3.26. The van der Waals surface area contributed by atoms with Gasteiger partial charge in [0.2, 0.25) is 0 Å². The van der Waals surface area contributed by atoms with Gasteiger partial charge in [-0.05, 0) is 17.9 Å². The fourth-order valence-corrected chi connectivity index (χ4v) is 3.13. The van der Waals surface area contributed by atoms with E-state index < -0.39 is 5.97 Å². The standard InChI is InChI=1S/C18H26N2O4/c1-13-12-20(9-8-16(13)17(21)22)18(23)19-11-15(24-2)10-14-6-4-3-5-7-14/h3-7,13,15-16H,8-12H2,1-2H3,(H,19,23)(H,21,22). The van der Waals surface area contributed by atoms with Gasteiger partial charge in [0.1, 0.15) is 0 Å². The second-order valence-electron chi connectivity index (χ2n) is 6.39. The lowest BCUT2D eigenvalue weighted by atomic mass is 9.87. The highest BCUT2D eigenvalue weighted by atomic mass is 16.5. The maximum absolute atomic E-state index is 12.3. The third-order valence-corrected chi connectivity index (χ3v) is 4.63. The number of hydrogen-bond donors (Lipinski definition) is 2. The van der Waals surface area contributed by atoms with Gasteiger partial charge < -0.3 is 20.1 Å². The van der Waals surface area contributed by atoms with Crippen LogP contribution in [-0.2, 0) is 16.0 Å². The number of likely N-dealkylation sites (tertiary alicyclic amines) is 1. The zero-order chi connectivity index (χ0) is 17.5. The SMILES string of the molecule is COC(CNC(=O)N1CCC(C(=O)O)C(C)C1)Cc1ccccc1. The highest BCUT2D eigenvalue weighted by molar-refractivity contribution is 5.75. The normalized spacial score (nSPS) is 22.0. The largest absolute Gasteiger partial charge is 0.481 e. The number of aliphatic carboxylic acids is 1. The summed E-state index contributed by atoms with van der Waals surface area (Å²) in [4.78, 5) is 25.1. The van der Waals surface area contributed by atoms with Crippen LogP contribution in [0.15, 0.2) is 30.3 Å². The number of carboxylic acid groups (broad SMARTS) is 1. The third-order valence-electron chi connectivity index (χ3n) is 4.63. The minimum Gasteiger partial charge on any atom is -0.481 e. The quantitative estimate of drug-likeness (QED) is 0.834. The van der Waals surface area contributed by atoms with Crippen molar-refractivity contribution in [1.82, 2.24) is 10.2 Å². The van der Waals surface area contributed by atoms with Gasteiger partial charge in [-0.15, -0.1) is 0 Å². The molecule has 1 aromatic rings. The molecule has 1 aliphatic rings. The average Bonchev–Trinajstić information content (AvgIpc) is 2.58. The van der Waals surface area contributed by atoms with Crippen LogP contribution in [0.2, 0.25) is 0 Å². The molecular weight excluding hydrogens is 308 g/mol. The van der Waals surface area contributed by atoms with E-state index in [1.54, 1.807) is 12.0 Å². The van der Waals surface area contributed by atoms with E-state index in [1.165, 1.54) is 0 Å². The number of urea groups is 1. The van der Waals surface area contributed by atoms with Gasteiger partial charge in [-0.25, -0.2) is 4.79 Å². The number of amides is 2. The highest BCUT2D eigenvalue weighted by Crippen LogP contribution is 2.23. The second kappa shape index (κ2) is 8.68. The van der Waals surface area contributed by atoms with Crippen LogP contribution in [0.5, 0.6) is 0 Å². The number of nitrogens with one attached hydrogen (secondary N) is 1. The van der Waals surface area contributed by atoms with Crippen LogP contribution in [0.25, 0.3) is 0 Å². The Labute approximate surface area is 142 Å². The van der Waals surface area contributed by atoms with Gasteiger partial charge in [0, 0.05) is 33.2 Å². The Morgan fingerprint density at radius 2 is 2.08 bits per heavy atom. The molecule has 0 spiro atoms. The monoisotopic (exact) mass is 334 g/mol. The van der Waals surface area contributed by atoms with Gasteiger partial charge in [0.25, 0.3) is 0 Å². The van der Waals surface area contributed by atoms with Gasteiger partial charge >= 0.3 is 12.0 Å². The summed E-state index contributed by atoms with van der Waals surface area (Å²) in [5, 5.41) is 12.0. The van der Waals surface area contributed by atoms with Crippen molar-refractivity contribution in [2.24, 2.45) is 11.8 Å². The molecule has 0 aromatic heterocycles. The van der Waals surface area contributed by atoms with Crippen molar-refractivity contribution in [2.45, 2.75) is 25.9 Å². The fraction of sp³-hybridized carbons (Fsp3) is 0.556. The molecule has 0 radical (unpaired) electrons. The summed E-state index contributed by atoms with van der Waals surface area (Å²) < 4.78 is 5.45. The lowest BCUT2D eigenvalue weighted by Gasteiger charge is -2.35. The van der Waals surface area contributed by atoms with Crippen molar-refractivity contribution in [1.29, 1.82) is 0 Å². The minimum atomic E-state index is -0.773. The molecule has 0 aliphatic carbocycles. The number of carbonyl (C=O) groups is 2. The summed E-state index contributed by atoms with van der Waals surface area (Å²) in [5.41, 5.74) is 1.16. The molecule has 1 fully saturated rings. The molecule has 24 heavy (non-hydrogen) atoms. The number of methoxy groups -OCH3 is 1. The van der Waals surface area contributed by atoms with Crippen molar-refractivity contribution >= 4 is 12.0 Å². The number of rotatable bonds is 6. The Hall–Kier alpha value is -2.08. The number of hydrogen-bond acceptors (Lipinski definition) is 3. The van der Waals surface area contributed by atoms with Crippen molar-refractivity contribution in [3.63, 3.8) is 0 Å². The van der Waals surface area contributed by atoms with Crippen molar-refractivity contribution in [3.05, 3.63) is 35.9 Å². The Morgan fingerprint density at radius 3 is 2.67 bits per heavy atom. The molecular formula is C18H26N2O4. The Bertz CT molecular complexity index is 549. The van der Waals surface area contributed by atoms with Crippen LogP contribution in [0.4, 0.5) is 4.79 Å². The summed E-state index contributed by atoms with van der Waals surface area (Å²) in [6.07, 6.45) is 1.14. The van der Waals surface area contributed by atoms with Crippen LogP contribution in [0.1, 0.15) is 18.9 Å². The van der Waals surface area contributed by atoms with E-state index in [0.29, 0.717) is 26.1 Å². The molecule has 1 saturated heterocycles. The first-order valence-electron chi connectivity index (χ1n) is 8.33. The zero-order valence-electron chi connectivity index (χ0n) is 14.3. The van der Waals surface area contributed by atoms with Crippen LogP contribution in [0.3, 0.4) is 0 Å². The predicted molar refractivity (Wildman–Crippen MR) is 90.8 cm³/mol. The molecule has 1 aromatic carbocycles. The van der Waals surface area contributed by atoms with Gasteiger partial charge in [-0.1, -0.05) is 37.3 Å². The van der Waals surface area contributed by atoms with E-state index in [4.69, 9.17) is 9.84 Å². The Kier molecular flexibility index (Phi) is 6.61. The van der Waals surface area contributed by atoms with Gasteiger partial charge in [0.05, 0.1) is 12.0 Å². The summed E-state index contributed by atoms with van der Waals surface area (Å²) in [5.74, 6) is -1.17. The third kappa shape index (κ3) is 4.96. The molecule has 2 N–H and O–H groups in total. The molecule has 132 valence electrons. The molecule has 2 rings (SSSR count). The maximum Gasteiger partial charge on any atom is 0.317 e. The molecule has 3 unspecified atom stereocenters. The van der Waals surface area contributed by atoms with E-state index in [2.05, 4.69) is 5.32 Å². The Balaban J connectivity index is 1.80. The second-order valence-corrected chi connectivity index (χ2v) is 6.39. The maximum atomic E-state index is 12.3. The molecule has 6 heteroatoms. The Morgan fingerprint density at radius 1 is 1.38 bits per heavy atom. The van der Waals surface area contributed by atoms with E-state index >= 15 is 0 Å².